The summed E-state index contributed by atoms with van der Waals surface area (Å²) in [4.78, 5) is 4.82. The monoisotopic (exact) mass is 284 g/mol. The van der Waals surface area contributed by atoms with Crippen molar-refractivity contribution in [2.45, 2.75) is 0 Å². The first-order valence-corrected chi connectivity index (χ1v) is 7.25. The van der Waals surface area contributed by atoms with E-state index in [1.807, 2.05) is 54.6 Å². The predicted octanol–water partition coefficient (Wildman–Crippen LogP) is 3.63. The number of rotatable bonds is 0. The number of nitrogens with one attached hydrogen (secondary N) is 1. The Morgan fingerprint density at radius 3 is 2.64 bits per heavy atom. The normalized spacial score (nSPS) is 13.1. The molecule has 3 heteroatoms. The Balaban J connectivity index is 1.86. The molecular weight excluding hydrogens is 272 g/mol. The Morgan fingerprint density at radius 2 is 1.64 bits per heavy atom. The van der Waals surface area contributed by atoms with E-state index < -0.39 is 0 Å². The third kappa shape index (κ3) is 1.59. The molecule has 2 aliphatic heterocycles. The zero-order valence-electron chi connectivity index (χ0n) is 11.7. The van der Waals surface area contributed by atoms with Crippen molar-refractivity contribution < 1.29 is 4.74 Å². The van der Waals surface area contributed by atoms with Crippen molar-refractivity contribution in [2.75, 3.05) is 5.32 Å². The van der Waals surface area contributed by atoms with Crippen molar-refractivity contribution in [2.24, 2.45) is 4.99 Å². The van der Waals surface area contributed by atoms with Gasteiger partial charge in [0.15, 0.2) is 0 Å². The van der Waals surface area contributed by atoms with E-state index in [1.54, 1.807) is 0 Å². The minimum atomic E-state index is 0.849. The fraction of sp³-hybridized carbons (Fsp3) is 0. The van der Waals surface area contributed by atoms with E-state index in [0.717, 1.165) is 44.7 Å². The van der Waals surface area contributed by atoms with Gasteiger partial charge in [-0.2, -0.15) is 0 Å². The third-order valence-electron chi connectivity index (χ3n) is 4.02. The zero-order chi connectivity index (χ0) is 14.5. The van der Waals surface area contributed by atoms with Crippen LogP contribution in [0.1, 0.15) is 5.56 Å². The number of benzene rings is 3. The van der Waals surface area contributed by atoms with Crippen LogP contribution < -0.4 is 20.6 Å². The fourth-order valence-corrected chi connectivity index (χ4v) is 2.95. The highest BCUT2D eigenvalue weighted by atomic mass is 16.5. The number of nitrogens with zero attached hydrogens (tertiary/aromatic N) is 1. The van der Waals surface area contributed by atoms with Gasteiger partial charge in [-0.1, -0.05) is 30.3 Å². The highest BCUT2D eigenvalue weighted by molar-refractivity contribution is 5.76. The molecule has 0 bridgehead atoms. The van der Waals surface area contributed by atoms with Crippen LogP contribution in [0.5, 0.6) is 11.5 Å². The van der Waals surface area contributed by atoms with E-state index >= 15 is 0 Å². The molecule has 3 aromatic rings. The first-order chi connectivity index (χ1) is 10.9. The summed E-state index contributed by atoms with van der Waals surface area (Å²) in [6.45, 7) is 0. The van der Waals surface area contributed by atoms with E-state index in [9.17, 15) is 0 Å². The van der Waals surface area contributed by atoms with Gasteiger partial charge < -0.3 is 10.1 Å². The van der Waals surface area contributed by atoms with Gasteiger partial charge in [-0.15, -0.1) is 0 Å². The van der Waals surface area contributed by atoms with E-state index in [0.29, 0.717) is 0 Å². The SMILES string of the molecule is C1=c2c(ccc3c2=Nc2ccccc2N3)Oc2ccccc21. The van der Waals surface area contributed by atoms with E-state index in [4.69, 9.17) is 9.73 Å². The molecule has 0 aromatic heterocycles. The quantitative estimate of drug-likeness (QED) is 0.471. The second-order valence-electron chi connectivity index (χ2n) is 5.41. The number of hydrogen-bond donors (Lipinski definition) is 1. The van der Waals surface area contributed by atoms with Crippen LogP contribution in [0.2, 0.25) is 0 Å². The van der Waals surface area contributed by atoms with Crippen LogP contribution in [-0.2, 0) is 0 Å². The lowest BCUT2D eigenvalue weighted by atomic mass is 10.1. The number of para-hydroxylation sites is 3. The average molecular weight is 284 g/mol. The van der Waals surface area contributed by atoms with Crippen molar-refractivity contribution in [3.8, 4) is 11.5 Å². The molecule has 3 nitrogen and oxygen atoms in total. The molecule has 0 unspecified atom stereocenters. The van der Waals surface area contributed by atoms with Crippen molar-refractivity contribution in [1.29, 1.82) is 0 Å². The van der Waals surface area contributed by atoms with Gasteiger partial charge in [0.05, 0.1) is 22.4 Å². The minimum absolute atomic E-state index is 0.849. The molecule has 1 N–H and O–H groups in total. The Kier molecular flexibility index (Phi) is 2.22. The molecule has 0 spiro atoms. The van der Waals surface area contributed by atoms with Crippen LogP contribution in [-0.4, -0.2) is 0 Å². The van der Waals surface area contributed by atoms with Gasteiger partial charge in [-0.05, 0) is 36.4 Å². The lowest BCUT2D eigenvalue weighted by Crippen LogP contribution is -2.32. The molecule has 0 saturated heterocycles. The number of fused-ring (bicyclic) bond motifs is 5. The van der Waals surface area contributed by atoms with Gasteiger partial charge in [0.2, 0.25) is 0 Å². The van der Waals surface area contributed by atoms with Crippen LogP contribution >= 0.6 is 0 Å². The van der Waals surface area contributed by atoms with Crippen LogP contribution in [0.3, 0.4) is 0 Å². The molecule has 2 aliphatic rings. The van der Waals surface area contributed by atoms with Crippen LogP contribution in [0.4, 0.5) is 17.1 Å². The maximum Gasteiger partial charge on any atom is 0.137 e. The molecule has 0 aliphatic carbocycles. The van der Waals surface area contributed by atoms with Crippen molar-refractivity contribution in [3.63, 3.8) is 0 Å². The second kappa shape index (κ2) is 4.21. The van der Waals surface area contributed by atoms with Crippen molar-refractivity contribution in [1.82, 2.24) is 0 Å². The fourth-order valence-electron chi connectivity index (χ4n) is 2.95. The topological polar surface area (TPSA) is 33.6 Å². The summed E-state index contributed by atoms with van der Waals surface area (Å²) in [6, 6.07) is 20.1. The Hall–Kier alpha value is -3.07. The molecule has 0 saturated carbocycles. The van der Waals surface area contributed by atoms with Crippen molar-refractivity contribution in [3.05, 3.63) is 76.8 Å². The summed E-state index contributed by atoms with van der Waals surface area (Å²) < 4.78 is 6.01. The first kappa shape index (κ1) is 11.6. The standard InChI is InChI=1S/C19H12N2O/c1-4-8-17-12(5-1)11-13-18(22-17)10-9-16-19(13)21-15-7-3-2-6-14(15)20-16/h1-11,20H. The molecule has 0 fully saturated rings. The minimum Gasteiger partial charge on any atom is -0.456 e. The molecule has 3 aromatic carbocycles. The summed E-state index contributed by atoms with van der Waals surface area (Å²) in [5.74, 6) is 1.74. The molecular formula is C19H12N2O. The predicted molar refractivity (Wildman–Crippen MR) is 86.7 cm³/mol. The van der Waals surface area contributed by atoms with Crippen LogP contribution in [0.15, 0.2) is 65.7 Å². The molecule has 2 heterocycles. The zero-order valence-corrected chi connectivity index (χ0v) is 11.7. The summed E-state index contributed by atoms with van der Waals surface area (Å²) in [5.41, 5.74) is 4.08. The first-order valence-electron chi connectivity index (χ1n) is 7.25. The van der Waals surface area contributed by atoms with Crippen LogP contribution in [0, 0.1) is 0 Å². The number of hydrogen-bond acceptors (Lipinski definition) is 3. The van der Waals surface area contributed by atoms with Gasteiger partial charge >= 0.3 is 0 Å². The molecule has 0 atom stereocenters. The summed E-state index contributed by atoms with van der Waals surface area (Å²) in [7, 11) is 0. The van der Waals surface area contributed by atoms with Crippen molar-refractivity contribution >= 4 is 23.1 Å². The van der Waals surface area contributed by atoms with Crippen LogP contribution in [0.25, 0.3) is 6.08 Å². The Bertz CT molecular complexity index is 953. The summed E-state index contributed by atoms with van der Waals surface area (Å²) in [5, 5.41) is 5.41. The van der Waals surface area contributed by atoms with Gasteiger partial charge in [-0.3, -0.25) is 0 Å². The van der Waals surface area contributed by atoms with Gasteiger partial charge in [0.25, 0.3) is 0 Å². The van der Waals surface area contributed by atoms with Gasteiger partial charge in [0, 0.05) is 10.8 Å². The highest BCUT2D eigenvalue weighted by Gasteiger charge is 2.16. The Morgan fingerprint density at radius 1 is 0.773 bits per heavy atom. The Labute approximate surface area is 127 Å². The second-order valence-corrected chi connectivity index (χ2v) is 5.41. The lowest BCUT2D eigenvalue weighted by Gasteiger charge is -2.19. The summed E-state index contributed by atoms with van der Waals surface area (Å²) in [6.07, 6.45) is 2.14. The number of ether oxygens (including phenoxy) is 1. The maximum absolute atomic E-state index is 6.01. The maximum atomic E-state index is 6.01. The molecule has 104 valence electrons. The third-order valence-corrected chi connectivity index (χ3v) is 4.02. The number of anilines is 2. The molecule has 0 amide bonds. The molecule has 0 radical (unpaired) electrons. The largest absolute Gasteiger partial charge is 0.456 e. The van der Waals surface area contributed by atoms with E-state index in [-0.39, 0.29) is 0 Å². The smallest absolute Gasteiger partial charge is 0.137 e. The molecule has 22 heavy (non-hydrogen) atoms. The van der Waals surface area contributed by atoms with Gasteiger partial charge in [-0.25, -0.2) is 4.99 Å². The lowest BCUT2D eigenvalue weighted by molar-refractivity contribution is 0.472. The molecule has 5 rings (SSSR count). The average Bonchev–Trinajstić information content (AvgIpc) is 2.58. The highest BCUT2D eigenvalue weighted by Crippen LogP contribution is 2.31. The van der Waals surface area contributed by atoms with E-state index in [1.165, 1.54) is 0 Å². The summed E-state index contributed by atoms with van der Waals surface area (Å²) >= 11 is 0. The van der Waals surface area contributed by atoms with Gasteiger partial charge in [0.1, 0.15) is 11.5 Å². The van der Waals surface area contributed by atoms with E-state index in [2.05, 4.69) is 17.5 Å².